The minimum Gasteiger partial charge on any atom is -0.486 e. The number of benzene rings is 1. The van der Waals surface area contributed by atoms with Crippen molar-refractivity contribution in [1.82, 2.24) is 10.2 Å². The van der Waals surface area contributed by atoms with Gasteiger partial charge in [0.05, 0.1) is 12.1 Å². The van der Waals surface area contributed by atoms with Crippen LogP contribution >= 0.6 is 0 Å². The third kappa shape index (κ3) is 3.42. The zero-order valence-corrected chi connectivity index (χ0v) is 12.5. The first-order valence-corrected chi connectivity index (χ1v) is 6.96. The summed E-state index contributed by atoms with van der Waals surface area (Å²) in [5.41, 5.74) is 0.522. The van der Waals surface area contributed by atoms with E-state index in [2.05, 4.69) is 10.2 Å². The third-order valence-electron chi connectivity index (χ3n) is 3.57. The molecule has 0 saturated carbocycles. The first kappa shape index (κ1) is 15.1. The molecule has 0 saturated heterocycles. The van der Waals surface area contributed by atoms with Crippen LogP contribution in [0.2, 0.25) is 0 Å². The normalized spacial score (nSPS) is 17.1. The Labute approximate surface area is 120 Å². The van der Waals surface area contributed by atoms with Crippen LogP contribution in [-0.2, 0) is 5.54 Å². The smallest absolute Gasteiger partial charge is 0.161 e. The molecule has 0 radical (unpaired) electrons. The van der Waals surface area contributed by atoms with Gasteiger partial charge >= 0.3 is 0 Å². The molecule has 1 heterocycles. The third-order valence-corrected chi connectivity index (χ3v) is 3.57. The SMILES string of the molecule is CN(C)CCNC(C)(CO)c1ccc2c(c1)OCCO2. The molecule has 1 aliphatic heterocycles. The second kappa shape index (κ2) is 6.43. The predicted octanol–water partition coefficient (Wildman–Crippen LogP) is 0.816. The van der Waals surface area contributed by atoms with Gasteiger partial charge in [-0.05, 0) is 38.7 Å². The van der Waals surface area contributed by atoms with Gasteiger partial charge in [0.1, 0.15) is 13.2 Å². The van der Waals surface area contributed by atoms with Crippen molar-refractivity contribution in [2.45, 2.75) is 12.5 Å². The number of ether oxygens (including phenoxy) is 2. The average molecular weight is 280 g/mol. The number of nitrogens with one attached hydrogen (secondary N) is 1. The topological polar surface area (TPSA) is 54.0 Å². The zero-order valence-electron chi connectivity index (χ0n) is 12.5. The van der Waals surface area contributed by atoms with Gasteiger partial charge in [0.25, 0.3) is 0 Å². The number of aliphatic hydroxyl groups excluding tert-OH is 1. The number of hydrogen-bond acceptors (Lipinski definition) is 5. The lowest BCUT2D eigenvalue weighted by molar-refractivity contribution is 0.163. The van der Waals surface area contributed by atoms with Gasteiger partial charge in [-0.3, -0.25) is 0 Å². The maximum absolute atomic E-state index is 9.76. The number of rotatable bonds is 6. The summed E-state index contributed by atoms with van der Waals surface area (Å²) < 4.78 is 11.1. The second-order valence-electron chi connectivity index (χ2n) is 5.58. The number of aliphatic hydroxyl groups is 1. The second-order valence-corrected chi connectivity index (χ2v) is 5.58. The van der Waals surface area contributed by atoms with Crippen LogP contribution < -0.4 is 14.8 Å². The molecule has 0 bridgehead atoms. The molecule has 2 N–H and O–H groups in total. The first-order chi connectivity index (χ1) is 9.55. The molecule has 0 aromatic heterocycles. The van der Waals surface area contributed by atoms with Crippen LogP contribution in [0.3, 0.4) is 0 Å². The number of hydrogen-bond donors (Lipinski definition) is 2. The van der Waals surface area contributed by atoms with E-state index in [4.69, 9.17) is 9.47 Å². The molecule has 5 heteroatoms. The van der Waals surface area contributed by atoms with E-state index in [1.807, 2.05) is 39.2 Å². The van der Waals surface area contributed by atoms with Crippen LogP contribution in [0.25, 0.3) is 0 Å². The lowest BCUT2D eigenvalue weighted by Gasteiger charge is -2.31. The lowest BCUT2D eigenvalue weighted by atomic mass is 9.92. The number of nitrogens with zero attached hydrogens (tertiary/aromatic N) is 1. The first-order valence-electron chi connectivity index (χ1n) is 6.96. The number of likely N-dealkylation sites (N-methyl/N-ethyl adjacent to an activating group) is 1. The Morgan fingerprint density at radius 2 is 1.95 bits per heavy atom. The van der Waals surface area contributed by atoms with E-state index in [-0.39, 0.29) is 6.61 Å². The lowest BCUT2D eigenvalue weighted by Crippen LogP contribution is -2.45. The highest BCUT2D eigenvalue weighted by Gasteiger charge is 2.27. The minimum atomic E-state index is -0.480. The zero-order chi connectivity index (χ0) is 14.6. The van der Waals surface area contributed by atoms with Gasteiger partial charge < -0.3 is 24.8 Å². The molecule has 1 atom stereocenters. The van der Waals surface area contributed by atoms with Crippen molar-refractivity contribution < 1.29 is 14.6 Å². The fourth-order valence-electron chi connectivity index (χ4n) is 2.19. The van der Waals surface area contributed by atoms with Crippen molar-refractivity contribution in [2.75, 3.05) is 47.0 Å². The number of fused-ring (bicyclic) bond motifs is 1. The van der Waals surface area contributed by atoms with Crippen LogP contribution in [0.5, 0.6) is 11.5 Å². The molecule has 112 valence electrons. The molecule has 5 nitrogen and oxygen atoms in total. The van der Waals surface area contributed by atoms with Gasteiger partial charge in [0.15, 0.2) is 11.5 Å². The summed E-state index contributed by atoms with van der Waals surface area (Å²) in [5.74, 6) is 1.52. The van der Waals surface area contributed by atoms with E-state index in [1.165, 1.54) is 0 Å². The van der Waals surface area contributed by atoms with E-state index in [1.54, 1.807) is 0 Å². The highest BCUT2D eigenvalue weighted by molar-refractivity contribution is 5.45. The summed E-state index contributed by atoms with van der Waals surface area (Å²) in [6.45, 7) is 4.90. The molecule has 1 aromatic carbocycles. The maximum Gasteiger partial charge on any atom is 0.161 e. The van der Waals surface area contributed by atoms with Gasteiger partial charge in [0, 0.05) is 13.1 Å². The molecule has 20 heavy (non-hydrogen) atoms. The van der Waals surface area contributed by atoms with E-state index >= 15 is 0 Å². The standard InChI is InChI=1S/C15H24N2O3/c1-15(11-18,16-6-7-17(2)3)12-4-5-13-14(10-12)20-9-8-19-13/h4-5,10,16,18H,6-9,11H2,1-3H3. The molecule has 1 aliphatic rings. The molecule has 1 aromatic rings. The monoisotopic (exact) mass is 280 g/mol. The van der Waals surface area contributed by atoms with Crippen molar-refractivity contribution in [1.29, 1.82) is 0 Å². The van der Waals surface area contributed by atoms with Gasteiger partial charge in [-0.1, -0.05) is 6.07 Å². The van der Waals surface area contributed by atoms with Crippen molar-refractivity contribution >= 4 is 0 Å². The Kier molecular flexibility index (Phi) is 4.86. The van der Waals surface area contributed by atoms with Crippen molar-refractivity contribution in [3.8, 4) is 11.5 Å². The summed E-state index contributed by atoms with van der Waals surface area (Å²) in [4.78, 5) is 2.11. The van der Waals surface area contributed by atoms with Crippen LogP contribution in [-0.4, -0.2) is 57.0 Å². The van der Waals surface area contributed by atoms with Crippen LogP contribution in [0.1, 0.15) is 12.5 Å². The Morgan fingerprint density at radius 1 is 1.25 bits per heavy atom. The fraction of sp³-hybridized carbons (Fsp3) is 0.600. The van der Waals surface area contributed by atoms with Crippen molar-refractivity contribution in [3.63, 3.8) is 0 Å². The maximum atomic E-state index is 9.76. The molecule has 1 unspecified atom stereocenters. The highest BCUT2D eigenvalue weighted by atomic mass is 16.6. The fourth-order valence-corrected chi connectivity index (χ4v) is 2.19. The summed E-state index contributed by atoms with van der Waals surface area (Å²) in [6.07, 6.45) is 0. The molecular weight excluding hydrogens is 256 g/mol. The van der Waals surface area contributed by atoms with E-state index in [0.717, 1.165) is 30.2 Å². The molecular formula is C15H24N2O3. The van der Waals surface area contributed by atoms with Crippen LogP contribution in [0, 0.1) is 0 Å². The van der Waals surface area contributed by atoms with Crippen LogP contribution in [0.15, 0.2) is 18.2 Å². The van der Waals surface area contributed by atoms with Gasteiger partial charge in [-0.15, -0.1) is 0 Å². The van der Waals surface area contributed by atoms with Crippen LogP contribution in [0.4, 0.5) is 0 Å². The predicted molar refractivity (Wildman–Crippen MR) is 78.4 cm³/mol. The molecule has 2 rings (SSSR count). The Balaban J connectivity index is 2.13. The largest absolute Gasteiger partial charge is 0.486 e. The Bertz CT molecular complexity index is 451. The molecule has 0 spiro atoms. The summed E-state index contributed by atoms with van der Waals surface area (Å²) in [5, 5.41) is 13.2. The molecule has 0 fully saturated rings. The van der Waals surface area contributed by atoms with Crippen molar-refractivity contribution in [3.05, 3.63) is 23.8 Å². The summed E-state index contributed by atoms with van der Waals surface area (Å²) >= 11 is 0. The quantitative estimate of drug-likeness (QED) is 0.808. The van der Waals surface area contributed by atoms with E-state index < -0.39 is 5.54 Å². The van der Waals surface area contributed by atoms with Gasteiger partial charge in [-0.2, -0.15) is 0 Å². The summed E-state index contributed by atoms with van der Waals surface area (Å²) in [7, 11) is 4.06. The Hall–Kier alpha value is -1.30. The summed E-state index contributed by atoms with van der Waals surface area (Å²) in [6, 6.07) is 5.84. The van der Waals surface area contributed by atoms with E-state index in [0.29, 0.717) is 13.2 Å². The average Bonchev–Trinajstić information content (AvgIpc) is 2.46. The molecule has 0 aliphatic carbocycles. The van der Waals surface area contributed by atoms with Gasteiger partial charge in [-0.25, -0.2) is 0 Å². The van der Waals surface area contributed by atoms with Crippen molar-refractivity contribution in [2.24, 2.45) is 0 Å². The highest BCUT2D eigenvalue weighted by Crippen LogP contribution is 2.34. The minimum absolute atomic E-state index is 0.0278. The Morgan fingerprint density at radius 3 is 2.60 bits per heavy atom. The van der Waals surface area contributed by atoms with E-state index in [9.17, 15) is 5.11 Å². The van der Waals surface area contributed by atoms with Gasteiger partial charge in [0.2, 0.25) is 0 Å². The molecule has 0 amide bonds.